The Labute approximate surface area is 240 Å². The number of amides is 4. The molecule has 210 valence electrons. The van der Waals surface area contributed by atoms with Crippen LogP contribution in [-0.4, -0.2) is 35.6 Å². The number of hydrogen-bond donors (Lipinski definition) is 0. The molecule has 10 heteroatoms. The van der Waals surface area contributed by atoms with E-state index < -0.39 is 35.6 Å². The van der Waals surface area contributed by atoms with E-state index in [4.69, 9.17) is 9.47 Å². The second kappa shape index (κ2) is 10.7. The van der Waals surface area contributed by atoms with Crippen LogP contribution in [0, 0.1) is 0 Å². The highest BCUT2D eigenvalue weighted by Crippen LogP contribution is 2.29. The number of ether oxygens (including phenoxy) is 2. The van der Waals surface area contributed by atoms with E-state index >= 15 is 0 Å². The molecule has 0 spiro atoms. The Balaban J connectivity index is 1.18. The van der Waals surface area contributed by atoms with Gasteiger partial charge in [0.2, 0.25) is 0 Å². The molecule has 0 aromatic heterocycles. The second-order valence-corrected chi connectivity index (χ2v) is 9.74. The lowest BCUT2D eigenvalue weighted by molar-refractivity contribution is -0.122. The van der Waals surface area contributed by atoms with Crippen LogP contribution in [0.2, 0.25) is 0 Å². The van der Waals surface area contributed by atoms with Crippen LogP contribution in [-0.2, 0) is 19.2 Å². The molecule has 5 rings (SSSR count). The zero-order chi connectivity index (χ0) is 30.3. The van der Waals surface area contributed by atoms with Gasteiger partial charge in [0, 0.05) is 22.3 Å². The lowest BCUT2D eigenvalue weighted by atomic mass is 10.2. The van der Waals surface area contributed by atoms with Gasteiger partial charge in [-0.1, -0.05) is 0 Å². The topological polar surface area (TPSA) is 127 Å². The largest absolute Gasteiger partial charge is 0.423 e. The normalized spacial score (nSPS) is 15.2. The van der Waals surface area contributed by atoms with Crippen LogP contribution < -0.4 is 19.3 Å². The van der Waals surface area contributed by atoms with Gasteiger partial charge >= 0.3 is 11.9 Å². The van der Waals surface area contributed by atoms with Crippen molar-refractivity contribution in [2.45, 2.75) is 27.7 Å². The average molecular weight is 565 g/mol. The van der Waals surface area contributed by atoms with E-state index in [2.05, 4.69) is 0 Å². The van der Waals surface area contributed by atoms with Crippen molar-refractivity contribution >= 4 is 46.9 Å². The standard InChI is InChI=1S/C32H24N2O8/c1-17-18(2)28(36)33(27(17)35)23-9-5-21(6-10-23)31(39)41-25-13-15-26(16-14-25)42-32(40)22-7-11-24(12-8-22)34-29(37)19(3)20(4)30(34)38/h5-16H,1-4H3. The molecule has 0 N–H and O–H groups in total. The first-order valence-electron chi connectivity index (χ1n) is 12.8. The molecule has 10 nitrogen and oxygen atoms in total. The van der Waals surface area contributed by atoms with Crippen LogP contribution in [0.15, 0.2) is 95.1 Å². The fraction of sp³-hybridized carbons (Fsp3) is 0.125. The molecule has 4 amide bonds. The van der Waals surface area contributed by atoms with Gasteiger partial charge in [-0.2, -0.15) is 0 Å². The number of anilines is 2. The Morgan fingerprint density at radius 2 is 0.714 bits per heavy atom. The molecule has 0 bridgehead atoms. The minimum absolute atomic E-state index is 0.202. The van der Waals surface area contributed by atoms with Crippen LogP contribution in [0.4, 0.5) is 11.4 Å². The van der Waals surface area contributed by atoms with E-state index in [0.717, 1.165) is 9.80 Å². The zero-order valence-corrected chi connectivity index (χ0v) is 23.1. The first-order chi connectivity index (χ1) is 20.0. The molecule has 0 saturated heterocycles. The van der Waals surface area contributed by atoms with Gasteiger partial charge in [0.15, 0.2) is 0 Å². The summed E-state index contributed by atoms with van der Waals surface area (Å²) in [5.74, 6) is -2.52. The molecule has 0 radical (unpaired) electrons. The third-order valence-corrected chi connectivity index (χ3v) is 7.19. The first-order valence-corrected chi connectivity index (χ1v) is 12.8. The number of benzene rings is 3. The first kappa shape index (κ1) is 27.9. The minimum Gasteiger partial charge on any atom is -0.423 e. The molecule has 3 aromatic rings. The monoisotopic (exact) mass is 564 g/mol. The van der Waals surface area contributed by atoms with Gasteiger partial charge in [-0.3, -0.25) is 19.2 Å². The number of carbonyl (C=O) groups excluding carboxylic acids is 6. The molecule has 42 heavy (non-hydrogen) atoms. The third-order valence-electron chi connectivity index (χ3n) is 7.19. The molecule has 2 heterocycles. The highest BCUT2D eigenvalue weighted by atomic mass is 16.5. The molecule has 0 aliphatic carbocycles. The van der Waals surface area contributed by atoms with Crippen molar-refractivity contribution in [3.05, 3.63) is 106 Å². The van der Waals surface area contributed by atoms with Crippen molar-refractivity contribution in [2.24, 2.45) is 0 Å². The molecule has 2 aliphatic heterocycles. The Morgan fingerprint density at radius 1 is 0.452 bits per heavy atom. The van der Waals surface area contributed by atoms with Gasteiger partial charge in [0.05, 0.1) is 22.5 Å². The number of hydrogen-bond acceptors (Lipinski definition) is 8. The average Bonchev–Trinajstić information content (AvgIpc) is 3.31. The number of imide groups is 2. The summed E-state index contributed by atoms with van der Waals surface area (Å²) < 4.78 is 10.8. The van der Waals surface area contributed by atoms with Gasteiger partial charge in [-0.05, 0) is 100 Å². The van der Waals surface area contributed by atoms with E-state index in [9.17, 15) is 28.8 Å². The van der Waals surface area contributed by atoms with E-state index in [0.29, 0.717) is 33.7 Å². The summed E-state index contributed by atoms with van der Waals surface area (Å²) in [7, 11) is 0. The summed E-state index contributed by atoms with van der Waals surface area (Å²) in [5, 5.41) is 0. The molecule has 0 saturated carbocycles. The lowest BCUT2D eigenvalue weighted by Crippen LogP contribution is -2.31. The van der Waals surface area contributed by atoms with Gasteiger partial charge in [0.1, 0.15) is 11.5 Å². The summed E-state index contributed by atoms with van der Waals surface area (Å²) in [5.41, 5.74) is 2.63. The number of rotatable bonds is 6. The fourth-order valence-electron chi connectivity index (χ4n) is 4.37. The van der Waals surface area contributed by atoms with Gasteiger partial charge in [-0.15, -0.1) is 0 Å². The van der Waals surface area contributed by atoms with Crippen LogP contribution in [0.25, 0.3) is 0 Å². The number of esters is 2. The van der Waals surface area contributed by atoms with Crippen LogP contribution >= 0.6 is 0 Å². The van der Waals surface area contributed by atoms with E-state index in [1.165, 1.54) is 72.8 Å². The van der Waals surface area contributed by atoms with Gasteiger partial charge in [0.25, 0.3) is 23.6 Å². The molecule has 0 fully saturated rings. The van der Waals surface area contributed by atoms with Gasteiger partial charge < -0.3 is 9.47 Å². The number of nitrogens with zero attached hydrogens (tertiary/aromatic N) is 2. The molecule has 0 atom stereocenters. The molecule has 0 unspecified atom stereocenters. The van der Waals surface area contributed by atoms with E-state index in [1.54, 1.807) is 27.7 Å². The number of carbonyl (C=O) groups is 6. The van der Waals surface area contributed by atoms with Crippen LogP contribution in [0.3, 0.4) is 0 Å². The predicted molar refractivity (Wildman–Crippen MR) is 151 cm³/mol. The summed E-state index contributed by atoms with van der Waals surface area (Å²) in [6, 6.07) is 17.6. The third kappa shape index (κ3) is 4.90. The fourth-order valence-corrected chi connectivity index (χ4v) is 4.37. The summed E-state index contributed by atoms with van der Waals surface area (Å²) >= 11 is 0. The molecular formula is C32H24N2O8. The summed E-state index contributed by atoms with van der Waals surface area (Å²) in [6.45, 7) is 6.36. The SMILES string of the molecule is CC1=C(C)C(=O)N(c2ccc(C(=O)Oc3ccc(OC(=O)c4ccc(N5C(=O)C(C)=C(C)C5=O)cc4)cc3)cc2)C1=O. The quantitative estimate of drug-likeness (QED) is 0.243. The van der Waals surface area contributed by atoms with Crippen molar-refractivity contribution in [3.8, 4) is 11.5 Å². The maximum Gasteiger partial charge on any atom is 0.343 e. The van der Waals surface area contributed by atoms with Crippen LogP contribution in [0.5, 0.6) is 11.5 Å². The van der Waals surface area contributed by atoms with Crippen molar-refractivity contribution in [1.29, 1.82) is 0 Å². The summed E-state index contributed by atoms with van der Waals surface area (Å²) in [4.78, 5) is 76.8. The Kier molecular flexibility index (Phi) is 7.13. The lowest BCUT2D eigenvalue weighted by Gasteiger charge is -2.15. The smallest absolute Gasteiger partial charge is 0.343 e. The highest BCUT2D eigenvalue weighted by Gasteiger charge is 2.35. The maximum absolute atomic E-state index is 12.6. The molecule has 3 aromatic carbocycles. The predicted octanol–water partition coefficient (Wildman–Crippen LogP) is 4.54. The molecule has 2 aliphatic rings. The minimum atomic E-state index is -0.661. The molecular weight excluding hydrogens is 540 g/mol. The zero-order valence-electron chi connectivity index (χ0n) is 23.1. The van der Waals surface area contributed by atoms with Crippen molar-refractivity contribution in [1.82, 2.24) is 0 Å². The summed E-state index contributed by atoms with van der Waals surface area (Å²) in [6.07, 6.45) is 0. The Bertz CT molecular complexity index is 1570. The van der Waals surface area contributed by atoms with Crippen molar-refractivity contribution in [3.63, 3.8) is 0 Å². The maximum atomic E-state index is 12.6. The van der Waals surface area contributed by atoms with Crippen LogP contribution in [0.1, 0.15) is 48.4 Å². The Hall–Kier alpha value is -5.64. The van der Waals surface area contributed by atoms with Crippen molar-refractivity contribution in [2.75, 3.05) is 9.80 Å². The van der Waals surface area contributed by atoms with E-state index in [1.807, 2.05) is 0 Å². The second-order valence-electron chi connectivity index (χ2n) is 9.74. The van der Waals surface area contributed by atoms with Crippen molar-refractivity contribution < 1.29 is 38.2 Å². The van der Waals surface area contributed by atoms with E-state index in [-0.39, 0.29) is 22.6 Å². The highest BCUT2D eigenvalue weighted by molar-refractivity contribution is 6.33. The Morgan fingerprint density at radius 3 is 0.976 bits per heavy atom. The van der Waals surface area contributed by atoms with Gasteiger partial charge in [-0.25, -0.2) is 19.4 Å².